The van der Waals surface area contributed by atoms with Crippen LogP contribution in [-0.4, -0.2) is 42.4 Å². The number of fused-ring (bicyclic) bond motifs is 1. The molecule has 3 aromatic rings. The van der Waals surface area contributed by atoms with E-state index >= 15 is 0 Å². The van der Waals surface area contributed by atoms with Crippen LogP contribution in [0.2, 0.25) is 0 Å². The van der Waals surface area contributed by atoms with Gasteiger partial charge in [0.25, 0.3) is 11.8 Å². The fourth-order valence-electron chi connectivity index (χ4n) is 2.73. The Morgan fingerprint density at radius 3 is 2.79 bits per heavy atom. The van der Waals surface area contributed by atoms with E-state index in [0.717, 1.165) is 29.8 Å². The van der Waals surface area contributed by atoms with Gasteiger partial charge in [0, 0.05) is 31.3 Å². The Morgan fingerprint density at radius 1 is 1.21 bits per heavy atom. The number of carbonyl (C=O) groups excluding carboxylic acids is 2. The van der Waals surface area contributed by atoms with Crippen LogP contribution < -0.4 is 10.1 Å². The van der Waals surface area contributed by atoms with Crippen molar-refractivity contribution in [3.63, 3.8) is 0 Å². The van der Waals surface area contributed by atoms with Gasteiger partial charge in [-0.25, -0.2) is 4.98 Å². The third-order valence-electron chi connectivity index (χ3n) is 4.55. The average Bonchev–Trinajstić information content (AvgIpc) is 3.45. The molecule has 4 rings (SSSR count). The van der Waals surface area contributed by atoms with Crippen molar-refractivity contribution in [2.45, 2.75) is 18.8 Å². The van der Waals surface area contributed by atoms with Crippen molar-refractivity contribution in [3.05, 3.63) is 53.9 Å². The molecule has 0 unspecified atom stereocenters. The van der Waals surface area contributed by atoms with E-state index in [9.17, 15) is 9.59 Å². The number of nitrogens with one attached hydrogen (secondary N) is 1. The summed E-state index contributed by atoms with van der Waals surface area (Å²) in [5.74, 6) is 1.25. The quantitative estimate of drug-likeness (QED) is 0.709. The van der Waals surface area contributed by atoms with Crippen molar-refractivity contribution in [1.82, 2.24) is 9.88 Å². The van der Waals surface area contributed by atoms with Gasteiger partial charge in [0.1, 0.15) is 11.3 Å². The van der Waals surface area contributed by atoms with E-state index < -0.39 is 0 Å². The normalized spacial score (nSPS) is 13.4. The Kier molecular flexibility index (Phi) is 4.73. The van der Waals surface area contributed by atoms with E-state index in [0.29, 0.717) is 22.9 Å². The molecule has 1 aliphatic carbocycles. The lowest BCUT2D eigenvalue weighted by molar-refractivity contribution is -0.130. The lowest BCUT2D eigenvalue weighted by Crippen LogP contribution is -2.27. The number of ether oxygens (including phenoxy) is 1. The van der Waals surface area contributed by atoms with Crippen molar-refractivity contribution >= 4 is 28.6 Å². The van der Waals surface area contributed by atoms with Crippen molar-refractivity contribution in [2.75, 3.05) is 26.0 Å². The zero-order valence-electron chi connectivity index (χ0n) is 15.8. The summed E-state index contributed by atoms with van der Waals surface area (Å²) in [5, 5.41) is 2.86. The fraction of sp³-hybridized carbons (Fsp3) is 0.286. The van der Waals surface area contributed by atoms with Crippen LogP contribution in [0, 0.1) is 0 Å². The van der Waals surface area contributed by atoms with Crippen LogP contribution in [-0.2, 0) is 4.79 Å². The third kappa shape index (κ3) is 3.98. The molecule has 144 valence electrons. The highest BCUT2D eigenvalue weighted by Crippen LogP contribution is 2.40. The Hall–Kier alpha value is -3.35. The predicted molar refractivity (Wildman–Crippen MR) is 105 cm³/mol. The molecule has 1 aliphatic rings. The first-order chi connectivity index (χ1) is 13.5. The topological polar surface area (TPSA) is 84.7 Å². The summed E-state index contributed by atoms with van der Waals surface area (Å²) in [6.45, 7) is -0.0791. The summed E-state index contributed by atoms with van der Waals surface area (Å²) in [7, 11) is 3.32. The summed E-state index contributed by atoms with van der Waals surface area (Å²) in [5.41, 5.74) is 2.54. The van der Waals surface area contributed by atoms with Crippen LogP contribution in [0.1, 0.15) is 35.0 Å². The first kappa shape index (κ1) is 18.0. The molecule has 2 aromatic carbocycles. The summed E-state index contributed by atoms with van der Waals surface area (Å²) in [6, 6.07) is 12.1. The number of nitrogens with zero attached hydrogens (tertiary/aromatic N) is 2. The van der Waals surface area contributed by atoms with Crippen molar-refractivity contribution in [3.8, 4) is 5.75 Å². The van der Waals surface area contributed by atoms with Crippen LogP contribution in [0.15, 0.2) is 46.9 Å². The number of anilines is 1. The van der Waals surface area contributed by atoms with Gasteiger partial charge in [0.2, 0.25) is 0 Å². The number of carbonyl (C=O) groups is 2. The van der Waals surface area contributed by atoms with Crippen LogP contribution in [0.25, 0.3) is 11.1 Å². The van der Waals surface area contributed by atoms with Gasteiger partial charge >= 0.3 is 0 Å². The van der Waals surface area contributed by atoms with Gasteiger partial charge in [-0.05, 0) is 49.2 Å². The van der Waals surface area contributed by atoms with E-state index in [1.807, 2.05) is 6.07 Å². The van der Waals surface area contributed by atoms with E-state index in [4.69, 9.17) is 9.15 Å². The molecule has 1 heterocycles. The van der Waals surface area contributed by atoms with Gasteiger partial charge in [-0.3, -0.25) is 9.59 Å². The highest BCUT2D eigenvalue weighted by molar-refractivity contribution is 6.05. The molecule has 0 bridgehead atoms. The molecular weight excluding hydrogens is 358 g/mol. The minimum absolute atomic E-state index is 0.0791. The second-order valence-electron chi connectivity index (χ2n) is 7.07. The molecule has 0 saturated heterocycles. The first-order valence-electron chi connectivity index (χ1n) is 9.14. The number of likely N-dealkylation sites (N-methyl/N-ethyl adjacent to an activating group) is 1. The lowest BCUT2D eigenvalue weighted by atomic mass is 10.2. The first-order valence-corrected chi connectivity index (χ1v) is 9.14. The van der Waals surface area contributed by atoms with Crippen molar-refractivity contribution < 1.29 is 18.7 Å². The minimum Gasteiger partial charge on any atom is -0.484 e. The zero-order chi connectivity index (χ0) is 19.7. The summed E-state index contributed by atoms with van der Waals surface area (Å²) < 4.78 is 11.2. The van der Waals surface area contributed by atoms with Crippen LogP contribution in [0.4, 0.5) is 5.69 Å². The Balaban J connectivity index is 1.45. The van der Waals surface area contributed by atoms with E-state index in [1.54, 1.807) is 50.5 Å². The maximum absolute atomic E-state index is 12.6. The van der Waals surface area contributed by atoms with Gasteiger partial charge in [0.15, 0.2) is 18.1 Å². The number of benzene rings is 2. The molecule has 1 aromatic heterocycles. The van der Waals surface area contributed by atoms with E-state index in [1.165, 1.54) is 4.90 Å². The molecule has 0 aliphatic heterocycles. The Labute approximate surface area is 162 Å². The summed E-state index contributed by atoms with van der Waals surface area (Å²) in [4.78, 5) is 30.2. The van der Waals surface area contributed by atoms with Gasteiger partial charge in [0.05, 0.1) is 0 Å². The third-order valence-corrected chi connectivity index (χ3v) is 4.55. The second-order valence-corrected chi connectivity index (χ2v) is 7.07. The molecule has 0 spiro atoms. The van der Waals surface area contributed by atoms with E-state index in [-0.39, 0.29) is 18.4 Å². The van der Waals surface area contributed by atoms with Crippen LogP contribution in [0.3, 0.4) is 0 Å². The van der Waals surface area contributed by atoms with Crippen molar-refractivity contribution in [2.24, 2.45) is 0 Å². The number of amides is 2. The lowest BCUT2D eigenvalue weighted by Gasteiger charge is -2.12. The van der Waals surface area contributed by atoms with Crippen molar-refractivity contribution in [1.29, 1.82) is 0 Å². The monoisotopic (exact) mass is 379 g/mol. The van der Waals surface area contributed by atoms with Crippen LogP contribution in [0.5, 0.6) is 5.75 Å². The molecule has 7 heteroatoms. The molecule has 0 radical (unpaired) electrons. The molecule has 1 saturated carbocycles. The van der Waals surface area contributed by atoms with Gasteiger partial charge in [-0.1, -0.05) is 6.07 Å². The second kappa shape index (κ2) is 7.34. The smallest absolute Gasteiger partial charge is 0.259 e. The summed E-state index contributed by atoms with van der Waals surface area (Å²) >= 11 is 0. The minimum atomic E-state index is -0.269. The van der Waals surface area contributed by atoms with Gasteiger partial charge in [-0.2, -0.15) is 0 Å². The number of rotatable bonds is 6. The number of hydrogen-bond acceptors (Lipinski definition) is 5. The Bertz CT molecular complexity index is 1040. The molecule has 1 fully saturated rings. The molecule has 1 N–H and O–H groups in total. The maximum Gasteiger partial charge on any atom is 0.259 e. The van der Waals surface area contributed by atoms with Crippen LogP contribution >= 0.6 is 0 Å². The average molecular weight is 379 g/mol. The zero-order valence-corrected chi connectivity index (χ0v) is 15.8. The number of aromatic nitrogens is 1. The molecular formula is C21H21N3O4. The Morgan fingerprint density at radius 2 is 2.04 bits per heavy atom. The number of oxazole rings is 1. The predicted octanol–water partition coefficient (Wildman–Crippen LogP) is 3.42. The van der Waals surface area contributed by atoms with E-state index in [2.05, 4.69) is 10.3 Å². The molecule has 0 atom stereocenters. The molecule has 28 heavy (non-hydrogen) atoms. The largest absolute Gasteiger partial charge is 0.484 e. The van der Waals surface area contributed by atoms with Gasteiger partial charge in [-0.15, -0.1) is 0 Å². The SMILES string of the molecule is CN(C)C(=O)COc1cccc(C(=O)Nc2ccc3oc(C4CC4)nc3c2)c1. The molecule has 7 nitrogen and oxygen atoms in total. The highest BCUT2D eigenvalue weighted by Gasteiger charge is 2.28. The van der Waals surface area contributed by atoms with Gasteiger partial charge < -0.3 is 19.4 Å². The summed E-state index contributed by atoms with van der Waals surface area (Å²) in [6.07, 6.45) is 2.24. The number of hydrogen-bond donors (Lipinski definition) is 1. The highest BCUT2D eigenvalue weighted by atomic mass is 16.5. The standard InChI is InChI=1S/C21H21N3O4/c1-24(2)19(25)12-27-16-5-3-4-14(10-16)20(26)22-15-8-9-18-17(11-15)23-21(28-18)13-6-7-13/h3-5,8-11,13H,6-7,12H2,1-2H3,(H,22,26). The molecule has 2 amide bonds. The maximum atomic E-state index is 12.6. The fourth-order valence-corrected chi connectivity index (χ4v) is 2.73.